The lowest BCUT2D eigenvalue weighted by molar-refractivity contribution is 0.268. The van der Waals surface area contributed by atoms with E-state index in [-0.39, 0.29) is 12.0 Å². The highest BCUT2D eigenvalue weighted by Gasteiger charge is 2.30. The Bertz CT molecular complexity index is 414. The third-order valence-electron chi connectivity index (χ3n) is 2.47. The third kappa shape index (κ3) is 1.77. The Morgan fingerprint density at radius 2 is 2.27 bits per heavy atom. The van der Waals surface area contributed by atoms with Crippen molar-refractivity contribution in [1.82, 2.24) is 0 Å². The summed E-state index contributed by atoms with van der Waals surface area (Å²) in [7, 11) is 0. The molecule has 0 N–H and O–H groups in total. The fraction of sp³-hybridized carbons (Fsp3) is 0.167. The summed E-state index contributed by atoms with van der Waals surface area (Å²) in [6.07, 6.45) is 3.31. The lowest BCUT2D eigenvalue weighted by Crippen LogP contribution is -2.13. The second-order valence-electron chi connectivity index (χ2n) is 3.34. The molecule has 1 aliphatic heterocycles. The van der Waals surface area contributed by atoms with E-state index in [9.17, 15) is 4.39 Å². The number of hydrogen-bond donors (Lipinski definition) is 0. The second-order valence-corrected chi connectivity index (χ2v) is 3.78. The van der Waals surface area contributed by atoms with Gasteiger partial charge in [0.05, 0.1) is 6.33 Å². The van der Waals surface area contributed by atoms with Crippen LogP contribution in [0.5, 0.6) is 5.75 Å². The van der Waals surface area contributed by atoms with Gasteiger partial charge in [-0.15, -0.1) is 6.58 Å². The fourth-order valence-corrected chi connectivity index (χ4v) is 1.94. The Balaban J connectivity index is 2.41. The van der Waals surface area contributed by atoms with Gasteiger partial charge >= 0.3 is 0 Å². The van der Waals surface area contributed by atoms with Gasteiger partial charge < -0.3 is 4.74 Å². The average molecular weight is 225 g/mol. The minimum Gasteiger partial charge on any atom is -0.485 e. The summed E-state index contributed by atoms with van der Waals surface area (Å²) < 4.78 is 17.7. The molecule has 0 fully saturated rings. The summed E-state index contributed by atoms with van der Waals surface area (Å²) in [6.45, 7) is 3.73. The molecule has 0 spiro atoms. The maximum atomic E-state index is 12.1. The standard InChI is InChI=1S/C12H10ClFO/c1-2-9-10-4-3-8(13)7-12(10)15-11(9)5-6-14/h2-7,9,11H,1H2/b6-5+. The van der Waals surface area contributed by atoms with Crippen LogP contribution in [0.3, 0.4) is 0 Å². The quantitative estimate of drug-likeness (QED) is 0.694. The number of hydrogen-bond acceptors (Lipinski definition) is 1. The SMILES string of the molecule is C=CC1c2ccc(Cl)cc2OC1/C=C/F. The Kier molecular flexibility index (Phi) is 2.78. The van der Waals surface area contributed by atoms with E-state index in [1.54, 1.807) is 18.2 Å². The molecule has 78 valence electrons. The largest absolute Gasteiger partial charge is 0.485 e. The highest BCUT2D eigenvalue weighted by molar-refractivity contribution is 6.30. The normalized spacial score (nSPS) is 23.9. The van der Waals surface area contributed by atoms with E-state index in [4.69, 9.17) is 16.3 Å². The number of ether oxygens (including phenoxy) is 1. The summed E-state index contributed by atoms with van der Waals surface area (Å²) in [5, 5.41) is 0.612. The molecule has 1 aliphatic rings. The molecule has 0 amide bonds. The molecule has 0 bridgehead atoms. The highest BCUT2D eigenvalue weighted by atomic mass is 35.5. The molecule has 1 heterocycles. The summed E-state index contributed by atoms with van der Waals surface area (Å²) in [5.74, 6) is 0.694. The number of halogens is 2. The van der Waals surface area contributed by atoms with E-state index in [2.05, 4.69) is 6.58 Å². The van der Waals surface area contributed by atoms with E-state index in [1.807, 2.05) is 6.07 Å². The first kappa shape index (κ1) is 10.2. The molecular formula is C12H10ClFO. The van der Waals surface area contributed by atoms with Gasteiger partial charge in [0.15, 0.2) is 0 Å². The van der Waals surface area contributed by atoms with Crippen molar-refractivity contribution < 1.29 is 9.13 Å². The van der Waals surface area contributed by atoms with Crippen LogP contribution in [-0.2, 0) is 0 Å². The van der Waals surface area contributed by atoms with E-state index >= 15 is 0 Å². The van der Waals surface area contributed by atoms with Crippen LogP contribution in [0.25, 0.3) is 0 Å². The molecule has 15 heavy (non-hydrogen) atoms. The minimum absolute atomic E-state index is 0.00994. The van der Waals surface area contributed by atoms with Crippen LogP contribution >= 0.6 is 11.6 Å². The first-order valence-electron chi connectivity index (χ1n) is 4.62. The van der Waals surface area contributed by atoms with Crippen molar-refractivity contribution in [3.63, 3.8) is 0 Å². The second kappa shape index (κ2) is 4.07. The summed E-state index contributed by atoms with van der Waals surface area (Å²) in [6, 6.07) is 5.41. The Morgan fingerprint density at radius 1 is 1.47 bits per heavy atom. The number of benzene rings is 1. The van der Waals surface area contributed by atoms with Gasteiger partial charge in [-0.1, -0.05) is 23.7 Å². The Morgan fingerprint density at radius 3 is 2.93 bits per heavy atom. The lowest BCUT2D eigenvalue weighted by Gasteiger charge is -2.09. The molecule has 0 aromatic heterocycles. The number of rotatable bonds is 2. The van der Waals surface area contributed by atoms with Gasteiger partial charge in [0.1, 0.15) is 11.9 Å². The van der Waals surface area contributed by atoms with Crippen LogP contribution in [0.2, 0.25) is 5.02 Å². The first-order valence-corrected chi connectivity index (χ1v) is 4.99. The van der Waals surface area contributed by atoms with Gasteiger partial charge in [-0.05, 0) is 18.2 Å². The molecule has 1 nitrogen and oxygen atoms in total. The van der Waals surface area contributed by atoms with Crippen molar-refractivity contribution in [3.05, 3.63) is 53.8 Å². The molecule has 0 saturated carbocycles. The summed E-state index contributed by atoms with van der Waals surface area (Å²) >= 11 is 5.84. The monoisotopic (exact) mass is 224 g/mol. The Labute approximate surface area is 92.8 Å². The predicted octanol–water partition coefficient (Wildman–Crippen LogP) is 3.85. The van der Waals surface area contributed by atoms with Gasteiger partial charge in [-0.2, -0.15) is 0 Å². The first-order chi connectivity index (χ1) is 7.26. The van der Waals surface area contributed by atoms with Gasteiger partial charge in [0, 0.05) is 16.5 Å². The molecule has 0 aliphatic carbocycles. The zero-order chi connectivity index (χ0) is 10.8. The van der Waals surface area contributed by atoms with E-state index in [1.165, 1.54) is 6.08 Å². The van der Waals surface area contributed by atoms with Crippen molar-refractivity contribution in [2.75, 3.05) is 0 Å². The van der Waals surface area contributed by atoms with Gasteiger partial charge in [0.2, 0.25) is 0 Å². The molecular weight excluding hydrogens is 215 g/mol. The summed E-state index contributed by atoms with van der Waals surface area (Å²) in [5.41, 5.74) is 0.998. The molecule has 0 radical (unpaired) electrons. The van der Waals surface area contributed by atoms with Gasteiger partial charge in [-0.3, -0.25) is 0 Å². The van der Waals surface area contributed by atoms with Gasteiger partial charge in [-0.25, -0.2) is 4.39 Å². The fourth-order valence-electron chi connectivity index (χ4n) is 1.77. The van der Waals surface area contributed by atoms with Crippen molar-refractivity contribution in [3.8, 4) is 5.75 Å². The molecule has 2 rings (SSSR count). The van der Waals surface area contributed by atoms with Crippen LogP contribution in [-0.4, -0.2) is 6.10 Å². The van der Waals surface area contributed by atoms with Crippen LogP contribution in [0, 0.1) is 0 Å². The minimum atomic E-state index is -0.319. The topological polar surface area (TPSA) is 9.23 Å². The average Bonchev–Trinajstić information content (AvgIpc) is 2.54. The van der Waals surface area contributed by atoms with E-state index in [0.29, 0.717) is 17.1 Å². The highest BCUT2D eigenvalue weighted by Crippen LogP contribution is 2.40. The van der Waals surface area contributed by atoms with Crippen LogP contribution < -0.4 is 4.74 Å². The molecule has 1 aromatic carbocycles. The smallest absolute Gasteiger partial charge is 0.130 e. The van der Waals surface area contributed by atoms with Crippen molar-refractivity contribution in [2.45, 2.75) is 12.0 Å². The maximum absolute atomic E-state index is 12.1. The van der Waals surface area contributed by atoms with Crippen LogP contribution in [0.4, 0.5) is 4.39 Å². The molecule has 3 heteroatoms. The Hall–Kier alpha value is -1.28. The van der Waals surface area contributed by atoms with Crippen molar-refractivity contribution in [2.24, 2.45) is 0 Å². The lowest BCUT2D eigenvalue weighted by atomic mass is 9.96. The third-order valence-corrected chi connectivity index (χ3v) is 2.70. The predicted molar refractivity (Wildman–Crippen MR) is 59.1 cm³/mol. The van der Waals surface area contributed by atoms with Crippen molar-refractivity contribution >= 4 is 11.6 Å². The number of fused-ring (bicyclic) bond motifs is 1. The molecule has 2 unspecified atom stereocenters. The zero-order valence-corrected chi connectivity index (χ0v) is 8.75. The summed E-state index contributed by atoms with van der Waals surface area (Å²) in [4.78, 5) is 0. The molecule has 2 atom stereocenters. The maximum Gasteiger partial charge on any atom is 0.130 e. The van der Waals surface area contributed by atoms with Crippen LogP contribution in [0.1, 0.15) is 11.5 Å². The zero-order valence-electron chi connectivity index (χ0n) is 7.99. The van der Waals surface area contributed by atoms with E-state index < -0.39 is 0 Å². The van der Waals surface area contributed by atoms with E-state index in [0.717, 1.165) is 5.56 Å². The molecule has 0 saturated heterocycles. The molecule has 1 aromatic rings. The van der Waals surface area contributed by atoms with Gasteiger partial charge in [0.25, 0.3) is 0 Å². The van der Waals surface area contributed by atoms with Crippen molar-refractivity contribution in [1.29, 1.82) is 0 Å². The van der Waals surface area contributed by atoms with Crippen LogP contribution in [0.15, 0.2) is 43.3 Å².